The molecule has 3 amide bonds. The molecular formula is C35H48F3N3O5S. The minimum Gasteiger partial charge on any atom is -0.344 e. The fourth-order valence-corrected chi connectivity index (χ4v) is 6.24. The highest BCUT2D eigenvalue weighted by Gasteiger charge is 2.40. The molecule has 0 unspecified atom stereocenters. The normalized spacial score (nSPS) is 15.1. The topological polar surface area (TPSA) is 113 Å². The number of amides is 3. The summed E-state index contributed by atoms with van der Waals surface area (Å²) < 4.78 is 66.6. The predicted molar refractivity (Wildman–Crippen MR) is 177 cm³/mol. The molecule has 0 bridgehead atoms. The van der Waals surface area contributed by atoms with Gasteiger partial charge in [0.05, 0.1) is 17.4 Å². The number of nitrogens with zero attached hydrogens (tertiary/aromatic N) is 1. The lowest BCUT2D eigenvalue weighted by atomic mass is 9.73. The summed E-state index contributed by atoms with van der Waals surface area (Å²) in [5.41, 5.74) is -1.38. The summed E-state index contributed by atoms with van der Waals surface area (Å²) in [6.45, 7) is 16.3. The fraction of sp³-hybridized carbons (Fsp3) is 0.514. The van der Waals surface area contributed by atoms with Gasteiger partial charge in [0.15, 0.2) is 0 Å². The molecule has 8 nitrogen and oxygen atoms in total. The summed E-state index contributed by atoms with van der Waals surface area (Å²) in [6, 6.07) is 11.9. The Hall–Kier alpha value is -3.67. The lowest BCUT2D eigenvalue weighted by Gasteiger charge is -2.39. The first-order chi connectivity index (χ1) is 21.4. The molecule has 0 aliphatic heterocycles. The molecule has 12 heteroatoms. The molecule has 2 N–H and O–H groups in total. The Labute approximate surface area is 277 Å². The van der Waals surface area contributed by atoms with Gasteiger partial charge >= 0.3 is 6.18 Å². The van der Waals surface area contributed by atoms with E-state index in [0.29, 0.717) is 0 Å². The number of rotatable bonds is 12. The van der Waals surface area contributed by atoms with Crippen LogP contribution in [0.5, 0.6) is 0 Å². The summed E-state index contributed by atoms with van der Waals surface area (Å²) >= 11 is 0. The average molecular weight is 680 g/mol. The van der Waals surface area contributed by atoms with Gasteiger partial charge < -0.3 is 10.2 Å². The van der Waals surface area contributed by atoms with Gasteiger partial charge in [-0.1, -0.05) is 110 Å². The predicted octanol–water partition coefficient (Wildman–Crippen LogP) is 6.23. The molecule has 3 atom stereocenters. The number of alkyl halides is 3. The van der Waals surface area contributed by atoms with E-state index in [4.69, 9.17) is 0 Å². The average Bonchev–Trinajstić information content (AvgIpc) is 2.96. The van der Waals surface area contributed by atoms with Gasteiger partial charge in [-0.05, 0) is 35.4 Å². The zero-order valence-corrected chi connectivity index (χ0v) is 29.6. The van der Waals surface area contributed by atoms with E-state index in [9.17, 15) is 36.0 Å². The van der Waals surface area contributed by atoms with Crippen molar-refractivity contribution in [1.29, 1.82) is 0 Å². The van der Waals surface area contributed by atoms with Crippen LogP contribution in [-0.2, 0) is 41.8 Å². The van der Waals surface area contributed by atoms with Crippen molar-refractivity contribution < 1.29 is 36.0 Å². The molecule has 0 aliphatic carbocycles. The van der Waals surface area contributed by atoms with E-state index in [0.717, 1.165) is 23.8 Å². The van der Waals surface area contributed by atoms with Gasteiger partial charge in [-0.2, -0.15) is 13.2 Å². The maximum absolute atomic E-state index is 14.0. The summed E-state index contributed by atoms with van der Waals surface area (Å²) in [5, 5.41) is 2.97. The highest BCUT2D eigenvalue weighted by atomic mass is 32.2. The third-order valence-electron chi connectivity index (χ3n) is 8.51. The molecule has 0 saturated carbocycles. The van der Waals surface area contributed by atoms with E-state index in [1.165, 1.54) is 24.0 Å². The molecule has 0 spiro atoms. The van der Waals surface area contributed by atoms with Crippen LogP contribution in [0, 0.1) is 17.3 Å². The maximum atomic E-state index is 14.0. The van der Waals surface area contributed by atoms with Crippen LogP contribution in [0.25, 0.3) is 0 Å². The minimum atomic E-state index is -4.65. The molecule has 2 rings (SSSR count). The van der Waals surface area contributed by atoms with Crippen molar-refractivity contribution in [1.82, 2.24) is 14.9 Å². The van der Waals surface area contributed by atoms with Crippen LogP contribution >= 0.6 is 0 Å². The van der Waals surface area contributed by atoms with E-state index in [2.05, 4.69) is 5.32 Å². The Kier molecular flexibility index (Phi) is 12.6. The number of carbonyl (C=O) groups excluding carboxylic acids is 3. The first-order valence-corrected chi connectivity index (χ1v) is 17.1. The van der Waals surface area contributed by atoms with Crippen LogP contribution in [0.4, 0.5) is 13.2 Å². The van der Waals surface area contributed by atoms with Crippen LogP contribution in [0.1, 0.15) is 79.0 Å². The number of hydrogen-bond donors (Lipinski definition) is 2. The zero-order valence-electron chi connectivity index (χ0n) is 28.8. The third kappa shape index (κ3) is 10.7. The van der Waals surface area contributed by atoms with Crippen molar-refractivity contribution in [3.8, 4) is 0 Å². The second-order valence-electron chi connectivity index (χ2n) is 14.0. The molecule has 260 valence electrons. The molecule has 0 saturated heterocycles. The van der Waals surface area contributed by atoms with Gasteiger partial charge in [-0.3, -0.25) is 14.4 Å². The van der Waals surface area contributed by atoms with Crippen LogP contribution in [0.2, 0.25) is 0 Å². The summed E-state index contributed by atoms with van der Waals surface area (Å²) in [5.74, 6) is -3.21. The monoisotopic (exact) mass is 679 g/mol. The second-order valence-corrected chi connectivity index (χ2v) is 15.8. The SMILES string of the molecule is C/C(=C\[C@H](C(C)C)N(C)C(=O)[C@@H](NC(=O)[C@@H](C)C(C)(C)c1ccccc1)C(C)(C)C)C(=O)NS(=O)(=O)Cc1cccc(C(F)(F)F)c1. The number of nitrogens with one attached hydrogen (secondary N) is 2. The van der Waals surface area contributed by atoms with Crippen LogP contribution < -0.4 is 10.0 Å². The molecule has 0 fully saturated rings. The number of hydrogen-bond acceptors (Lipinski definition) is 5. The second kappa shape index (κ2) is 15.0. The Morgan fingerprint density at radius 3 is 1.96 bits per heavy atom. The Balaban J connectivity index is 2.27. The van der Waals surface area contributed by atoms with E-state index in [-0.39, 0.29) is 23.0 Å². The van der Waals surface area contributed by atoms with E-state index >= 15 is 0 Å². The standard InChI is InChI=1S/C35H48F3N3O5S/c1-22(2)28(19-23(3)30(42)40-47(45,46)21-25-15-14-18-27(20-25)35(36,37)38)41(10)32(44)29(33(5,6)7)39-31(43)24(4)34(8,9)26-16-12-11-13-17-26/h11-20,22,24,28-29H,21H2,1-10H3,(H,39,43)(H,40,42)/b23-19+/t24-,28-,29-/m1/s1. The molecule has 47 heavy (non-hydrogen) atoms. The van der Waals surface area contributed by atoms with Crippen molar-refractivity contribution in [2.45, 2.75) is 91.7 Å². The fourth-order valence-electron chi connectivity index (χ4n) is 5.11. The minimum absolute atomic E-state index is 0.00876. The smallest absolute Gasteiger partial charge is 0.344 e. The number of likely N-dealkylation sites (N-methyl/N-ethyl adjacent to an activating group) is 1. The summed E-state index contributed by atoms with van der Waals surface area (Å²) in [7, 11) is -2.80. The van der Waals surface area contributed by atoms with Gasteiger partial charge in [0.25, 0.3) is 5.91 Å². The van der Waals surface area contributed by atoms with E-state index in [1.54, 1.807) is 7.05 Å². The van der Waals surface area contributed by atoms with Crippen LogP contribution in [0.3, 0.4) is 0 Å². The summed E-state index contributed by atoms with van der Waals surface area (Å²) in [6.07, 6.45) is -3.18. The Morgan fingerprint density at radius 1 is 0.894 bits per heavy atom. The van der Waals surface area contributed by atoms with Crippen LogP contribution in [0.15, 0.2) is 66.2 Å². The number of benzene rings is 2. The number of sulfonamides is 1. The third-order valence-corrected chi connectivity index (χ3v) is 9.72. The molecule has 0 heterocycles. The largest absolute Gasteiger partial charge is 0.416 e. The quantitative estimate of drug-likeness (QED) is 0.259. The van der Waals surface area contributed by atoms with Crippen molar-refractivity contribution in [3.63, 3.8) is 0 Å². The van der Waals surface area contributed by atoms with Crippen molar-refractivity contribution in [3.05, 3.63) is 82.9 Å². The van der Waals surface area contributed by atoms with Crippen LogP contribution in [-0.4, -0.2) is 50.2 Å². The Morgan fingerprint density at radius 2 is 1.45 bits per heavy atom. The van der Waals surface area contributed by atoms with E-state index < -0.39 is 68.2 Å². The number of carbonyl (C=O) groups is 3. The van der Waals surface area contributed by atoms with Gasteiger partial charge in [0.1, 0.15) is 6.04 Å². The maximum Gasteiger partial charge on any atom is 0.416 e. The summed E-state index contributed by atoms with van der Waals surface area (Å²) in [4.78, 5) is 42.0. The lowest BCUT2D eigenvalue weighted by Crippen LogP contribution is -2.58. The van der Waals surface area contributed by atoms with Crippen molar-refractivity contribution in [2.24, 2.45) is 17.3 Å². The highest BCUT2D eigenvalue weighted by molar-refractivity contribution is 7.89. The zero-order chi connectivity index (χ0) is 36.1. The first-order valence-electron chi connectivity index (χ1n) is 15.4. The van der Waals surface area contributed by atoms with Gasteiger partial charge in [-0.25, -0.2) is 13.1 Å². The van der Waals surface area contributed by atoms with Gasteiger partial charge in [-0.15, -0.1) is 0 Å². The molecule has 2 aromatic rings. The van der Waals surface area contributed by atoms with Gasteiger partial charge in [0, 0.05) is 24.0 Å². The van der Waals surface area contributed by atoms with Crippen molar-refractivity contribution in [2.75, 3.05) is 7.05 Å². The Bertz CT molecular complexity index is 1560. The molecular weight excluding hydrogens is 631 g/mol. The van der Waals surface area contributed by atoms with E-state index in [1.807, 2.05) is 90.4 Å². The molecule has 0 aliphatic rings. The van der Waals surface area contributed by atoms with Crippen molar-refractivity contribution >= 4 is 27.7 Å². The lowest BCUT2D eigenvalue weighted by molar-refractivity contribution is -0.141. The molecule has 0 aromatic heterocycles. The number of halogens is 3. The first kappa shape index (κ1) is 39.5. The highest BCUT2D eigenvalue weighted by Crippen LogP contribution is 2.33. The van der Waals surface area contributed by atoms with Gasteiger partial charge in [0.2, 0.25) is 21.8 Å². The molecule has 2 aromatic carbocycles. The molecule has 0 radical (unpaired) electrons.